The molecule has 1 aromatic rings. The molecule has 4 nitrogen and oxygen atoms in total. The van der Waals surface area contributed by atoms with E-state index in [1.165, 1.54) is 12.1 Å². The lowest BCUT2D eigenvalue weighted by atomic mass is 9.74. The fraction of sp³-hybridized carbons (Fsp3) is 0.588. The van der Waals surface area contributed by atoms with Crippen molar-refractivity contribution in [1.29, 1.82) is 0 Å². The number of aliphatic imine (C=N–C) groups is 1. The molecule has 1 aromatic carbocycles. The smallest absolute Gasteiger partial charge is 0.381 e. The third-order valence-electron chi connectivity index (χ3n) is 4.24. The zero-order chi connectivity index (χ0) is 17.8. The summed E-state index contributed by atoms with van der Waals surface area (Å²) in [7, 11) is 0. The molecule has 0 amide bonds. The van der Waals surface area contributed by atoms with Crippen LogP contribution in [0.3, 0.4) is 0 Å². The predicted molar refractivity (Wildman–Crippen MR) is 103 cm³/mol. The molecule has 0 radical (unpaired) electrons. The summed E-state index contributed by atoms with van der Waals surface area (Å²) in [4.78, 5) is 4.37. The van der Waals surface area contributed by atoms with Crippen molar-refractivity contribution in [3.63, 3.8) is 0 Å². The zero-order valence-corrected chi connectivity index (χ0v) is 16.7. The number of guanidine groups is 1. The van der Waals surface area contributed by atoms with Crippen LogP contribution in [0.4, 0.5) is 13.2 Å². The van der Waals surface area contributed by atoms with Crippen LogP contribution < -0.4 is 11.1 Å². The number of alkyl halides is 3. The van der Waals surface area contributed by atoms with Crippen LogP contribution in [0.5, 0.6) is 0 Å². The maximum absolute atomic E-state index is 13.0. The van der Waals surface area contributed by atoms with Gasteiger partial charge in [-0.3, -0.25) is 4.99 Å². The first kappa shape index (κ1) is 22.0. The van der Waals surface area contributed by atoms with E-state index in [4.69, 9.17) is 10.5 Å². The lowest BCUT2D eigenvalue weighted by Gasteiger charge is -2.37. The minimum absolute atomic E-state index is 0. The third-order valence-corrected chi connectivity index (χ3v) is 4.24. The van der Waals surface area contributed by atoms with E-state index in [-0.39, 0.29) is 30.0 Å². The number of hydrogen-bond donors (Lipinski definition) is 2. The maximum atomic E-state index is 13.0. The highest BCUT2D eigenvalue weighted by Gasteiger charge is 2.37. The number of benzene rings is 1. The standard InChI is InChI=1S/C17H24F3N3O.HI/c1-12(2)23-15(21)22-11-16(6-8-24-9-7-16)13-4-3-5-14(10-13)17(18,19)20;/h3-5,10,12H,6-9,11H2,1-2H3,(H3,21,22,23);1H. The highest BCUT2D eigenvalue weighted by atomic mass is 127. The van der Waals surface area contributed by atoms with E-state index in [2.05, 4.69) is 10.3 Å². The van der Waals surface area contributed by atoms with Crippen LogP contribution in [-0.4, -0.2) is 31.8 Å². The Bertz CT molecular complexity index is 585. The van der Waals surface area contributed by atoms with Gasteiger partial charge in [0, 0.05) is 24.7 Å². The quantitative estimate of drug-likeness (QED) is 0.400. The number of hydrogen-bond acceptors (Lipinski definition) is 2. The molecule has 0 aromatic heterocycles. The average Bonchev–Trinajstić information content (AvgIpc) is 2.53. The molecule has 3 N–H and O–H groups in total. The van der Waals surface area contributed by atoms with Crippen LogP contribution in [0.15, 0.2) is 29.3 Å². The second-order valence-electron chi connectivity index (χ2n) is 6.47. The SMILES string of the molecule is CC(C)NC(N)=NCC1(c2cccc(C(F)(F)F)c2)CCOCC1.I. The monoisotopic (exact) mass is 471 g/mol. The van der Waals surface area contributed by atoms with Crippen molar-refractivity contribution in [3.8, 4) is 0 Å². The van der Waals surface area contributed by atoms with Crippen molar-refractivity contribution in [3.05, 3.63) is 35.4 Å². The van der Waals surface area contributed by atoms with E-state index in [9.17, 15) is 13.2 Å². The number of nitrogens with two attached hydrogens (primary N) is 1. The van der Waals surface area contributed by atoms with Gasteiger partial charge in [-0.1, -0.05) is 18.2 Å². The van der Waals surface area contributed by atoms with Crippen molar-refractivity contribution in [2.75, 3.05) is 19.8 Å². The molecule has 2 rings (SSSR count). The highest BCUT2D eigenvalue weighted by molar-refractivity contribution is 14.0. The largest absolute Gasteiger partial charge is 0.416 e. The Kier molecular flexibility index (Phi) is 7.98. The fourth-order valence-electron chi connectivity index (χ4n) is 2.90. The van der Waals surface area contributed by atoms with Crippen LogP contribution >= 0.6 is 24.0 Å². The van der Waals surface area contributed by atoms with Crippen LogP contribution in [0.2, 0.25) is 0 Å². The third kappa shape index (κ3) is 6.02. The molecule has 0 aliphatic carbocycles. The van der Waals surface area contributed by atoms with Crippen molar-refractivity contribution in [2.45, 2.75) is 44.3 Å². The number of nitrogens with zero attached hydrogens (tertiary/aromatic N) is 1. The molecular weight excluding hydrogens is 446 g/mol. The summed E-state index contributed by atoms with van der Waals surface area (Å²) in [6, 6.07) is 5.66. The topological polar surface area (TPSA) is 59.6 Å². The minimum atomic E-state index is -4.36. The predicted octanol–water partition coefficient (Wildman–Crippen LogP) is 3.68. The summed E-state index contributed by atoms with van der Waals surface area (Å²) in [6.07, 6.45) is -3.12. The lowest BCUT2D eigenvalue weighted by Crippen LogP contribution is -2.41. The molecule has 0 spiro atoms. The molecule has 25 heavy (non-hydrogen) atoms. The maximum Gasteiger partial charge on any atom is 0.416 e. The molecular formula is C17H25F3IN3O. The average molecular weight is 471 g/mol. The Balaban J connectivity index is 0.00000312. The van der Waals surface area contributed by atoms with Crippen molar-refractivity contribution in [2.24, 2.45) is 10.7 Å². The van der Waals surface area contributed by atoms with E-state index in [0.29, 0.717) is 44.1 Å². The molecule has 0 atom stereocenters. The van der Waals surface area contributed by atoms with Gasteiger partial charge in [0.25, 0.3) is 0 Å². The van der Waals surface area contributed by atoms with Crippen LogP contribution in [0.25, 0.3) is 0 Å². The first-order valence-corrected chi connectivity index (χ1v) is 8.05. The normalized spacial score (nSPS) is 17.9. The van der Waals surface area contributed by atoms with Gasteiger partial charge in [-0.2, -0.15) is 13.2 Å². The Morgan fingerprint density at radius 3 is 2.52 bits per heavy atom. The van der Waals surface area contributed by atoms with Crippen molar-refractivity contribution in [1.82, 2.24) is 5.32 Å². The van der Waals surface area contributed by atoms with Gasteiger partial charge < -0.3 is 15.8 Å². The Labute approximate surface area is 163 Å². The molecule has 142 valence electrons. The molecule has 1 aliphatic rings. The van der Waals surface area contributed by atoms with E-state index < -0.39 is 17.2 Å². The fourth-order valence-corrected chi connectivity index (χ4v) is 2.90. The van der Waals surface area contributed by atoms with Gasteiger partial charge in [0.15, 0.2) is 5.96 Å². The van der Waals surface area contributed by atoms with E-state index in [0.717, 1.165) is 6.07 Å². The van der Waals surface area contributed by atoms with Crippen molar-refractivity contribution >= 4 is 29.9 Å². The molecule has 0 bridgehead atoms. The molecule has 0 saturated carbocycles. The van der Waals surface area contributed by atoms with Gasteiger partial charge in [0.2, 0.25) is 0 Å². The Morgan fingerprint density at radius 1 is 1.32 bits per heavy atom. The lowest BCUT2D eigenvalue weighted by molar-refractivity contribution is -0.137. The molecule has 0 unspecified atom stereocenters. The molecule has 1 heterocycles. The highest BCUT2D eigenvalue weighted by Crippen LogP contribution is 2.38. The van der Waals surface area contributed by atoms with Crippen LogP contribution in [-0.2, 0) is 16.3 Å². The van der Waals surface area contributed by atoms with Gasteiger partial charge >= 0.3 is 6.18 Å². The van der Waals surface area contributed by atoms with Crippen molar-refractivity contribution < 1.29 is 17.9 Å². The zero-order valence-electron chi connectivity index (χ0n) is 14.4. The molecule has 1 fully saturated rings. The summed E-state index contributed by atoms with van der Waals surface area (Å²) in [5.41, 5.74) is 5.38. The number of nitrogens with one attached hydrogen (secondary N) is 1. The second-order valence-corrected chi connectivity index (χ2v) is 6.47. The Hall–Kier alpha value is -1.03. The van der Waals surface area contributed by atoms with E-state index in [1.54, 1.807) is 6.07 Å². The van der Waals surface area contributed by atoms with Gasteiger partial charge in [-0.25, -0.2) is 0 Å². The number of rotatable bonds is 4. The minimum Gasteiger partial charge on any atom is -0.381 e. The van der Waals surface area contributed by atoms with Gasteiger partial charge in [0.1, 0.15) is 0 Å². The summed E-state index contributed by atoms with van der Waals surface area (Å²) in [5, 5.41) is 3.00. The molecule has 1 saturated heterocycles. The van der Waals surface area contributed by atoms with Crippen LogP contribution in [0, 0.1) is 0 Å². The first-order valence-electron chi connectivity index (χ1n) is 8.05. The summed E-state index contributed by atoms with van der Waals surface area (Å²) in [5.74, 6) is 0.308. The summed E-state index contributed by atoms with van der Waals surface area (Å²) < 4.78 is 44.5. The first-order chi connectivity index (χ1) is 11.2. The number of ether oxygens (including phenoxy) is 1. The summed E-state index contributed by atoms with van der Waals surface area (Å²) in [6.45, 7) is 5.23. The Morgan fingerprint density at radius 2 is 1.96 bits per heavy atom. The number of halogens is 4. The summed E-state index contributed by atoms with van der Waals surface area (Å²) >= 11 is 0. The van der Waals surface area contributed by atoms with E-state index >= 15 is 0 Å². The van der Waals surface area contributed by atoms with Gasteiger partial charge in [-0.15, -0.1) is 24.0 Å². The van der Waals surface area contributed by atoms with E-state index in [1.807, 2.05) is 13.8 Å². The second kappa shape index (κ2) is 9.07. The van der Waals surface area contributed by atoms with Gasteiger partial charge in [-0.05, 0) is 38.3 Å². The van der Waals surface area contributed by atoms with Crippen LogP contribution in [0.1, 0.15) is 37.8 Å². The molecule has 8 heteroatoms. The molecule has 1 aliphatic heterocycles. The van der Waals surface area contributed by atoms with Gasteiger partial charge in [0.05, 0.1) is 12.1 Å².